The summed E-state index contributed by atoms with van der Waals surface area (Å²) in [5, 5.41) is 0.856. The first-order chi connectivity index (χ1) is 12.4. The van der Waals surface area contributed by atoms with Crippen LogP contribution >= 0.6 is 23.2 Å². The van der Waals surface area contributed by atoms with Crippen LogP contribution in [0.25, 0.3) is 0 Å². The molecule has 3 rings (SSSR count). The molecular formula is C20H20Cl2N2O2. The maximum atomic E-state index is 12.7. The fourth-order valence-electron chi connectivity index (χ4n) is 3.00. The lowest BCUT2D eigenvalue weighted by molar-refractivity contribution is 0.0535. The van der Waals surface area contributed by atoms with Gasteiger partial charge in [-0.1, -0.05) is 29.3 Å². The Bertz CT molecular complexity index is 859. The number of hydrogen-bond donors (Lipinski definition) is 0. The van der Waals surface area contributed by atoms with E-state index in [2.05, 4.69) is 0 Å². The second-order valence-electron chi connectivity index (χ2n) is 6.51. The minimum Gasteiger partial charge on any atom is -0.335 e. The first-order valence-corrected chi connectivity index (χ1v) is 9.23. The number of piperazine rings is 1. The Morgan fingerprint density at radius 2 is 1.42 bits per heavy atom. The monoisotopic (exact) mass is 390 g/mol. The normalized spacial score (nSPS) is 14.5. The number of nitrogens with zero attached hydrogens (tertiary/aromatic N) is 2. The lowest BCUT2D eigenvalue weighted by Crippen LogP contribution is -2.50. The lowest BCUT2D eigenvalue weighted by atomic mass is 10.1. The van der Waals surface area contributed by atoms with Gasteiger partial charge in [0.2, 0.25) is 0 Å². The molecule has 136 valence electrons. The zero-order valence-electron chi connectivity index (χ0n) is 14.8. The van der Waals surface area contributed by atoms with Gasteiger partial charge in [0.25, 0.3) is 11.8 Å². The largest absolute Gasteiger partial charge is 0.335 e. The Morgan fingerprint density at radius 3 is 2.04 bits per heavy atom. The maximum Gasteiger partial charge on any atom is 0.255 e. The average Bonchev–Trinajstić information content (AvgIpc) is 2.65. The number of hydrogen-bond acceptors (Lipinski definition) is 2. The third-order valence-corrected chi connectivity index (χ3v) is 5.33. The molecule has 0 spiro atoms. The zero-order chi connectivity index (χ0) is 18.8. The molecule has 1 aliphatic heterocycles. The summed E-state index contributed by atoms with van der Waals surface area (Å²) in [7, 11) is 0. The molecule has 6 heteroatoms. The molecule has 0 bridgehead atoms. The quantitative estimate of drug-likeness (QED) is 0.770. The van der Waals surface area contributed by atoms with Gasteiger partial charge in [0.15, 0.2) is 0 Å². The zero-order valence-corrected chi connectivity index (χ0v) is 16.3. The maximum absolute atomic E-state index is 12.7. The van der Waals surface area contributed by atoms with Crippen molar-refractivity contribution in [1.82, 2.24) is 9.80 Å². The molecule has 1 aliphatic rings. The third kappa shape index (κ3) is 3.87. The molecule has 1 saturated heterocycles. The van der Waals surface area contributed by atoms with Crippen molar-refractivity contribution in [2.24, 2.45) is 0 Å². The van der Waals surface area contributed by atoms with Crippen LogP contribution in [0, 0.1) is 13.8 Å². The van der Waals surface area contributed by atoms with Crippen LogP contribution in [-0.2, 0) is 0 Å². The Balaban J connectivity index is 1.67. The van der Waals surface area contributed by atoms with Crippen molar-refractivity contribution in [2.75, 3.05) is 26.2 Å². The fourth-order valence-corrected chi connectivity index (χ4v) is 3.37. The van der Waals surface area contributed by atoms with Crippen molar-refractivity contribution in [1.29, 1.82) is 0 Å². The van der Waals surface area contributed by atoms with Crippen molar-refractivity contribution in [3.63, 3.8) is 0 Å². The molecule has 2 amide bonds. The molecule has 0 aliphatic carbocycles. The minimum absolute atomic E-state index is 0.000914. The molecular weight excluding hydrogens is 371 g/mol. The molecule has 2 aromatic carbocycles. The molecule has 0 atom stereocenters. The van der Waals surface area contributed by atoms with E-state index in [-0.39, 0.29) is 11.8 Å². The number of halogens is 2. The van der Waals surface area contributed by atoms with Crippen LogP contribution in [0.15, 0.2) is 36.4 Å². The standard InChI is InChI=1S/C20H20Cl2N2O2/c1-13-3-4-15(11-14(13)2)19(25)23-7-9-24(10-8-23)20(26)17-12-16(21)5-6-18(17)22/h3-6,11-12H,7-10H2,1-2H3. The number of aryl methyl sites for hydroxylation is 2. The van der Waals surface area contributed by atoms with E-state index in [9.17, 15) is 9.59 Å². The van der Waals surface area contributed by atoms with Gasteiger partial charge in [-0.2, -0.15) is 0 Å². The third-order valence-electron chi connectivity index (χ3n) is 4.77. The predicted octanol–water partition coefficient (Wildman–Crippen LogP) is 4.21. The Hall–Kier alpha value is -2.04. The molecule has 0 saturated carbocycles. The first kappa shape index (κ1) is 18.7. The van der Waals surface area contributed by atoms with Crippen LogP contribution in [0.1, 0.15) is 31.8 Å². The summed E-state index contributed by atoms with van der Waals surface area (Å²) in [5.41, 5.74) is 3.34. The lowest BCUT2D eigenvalue weighted by Gasteiger charge is -2.35. The van der Waals surface area contributed by atoms with Gasteiger partial charge in [-0.3, -0.25) is 9.59 Å². The molecule has 1 fully saturated rings. The summed E-state index contributed by atoms with van der Waals surface area (Å²) < 4.78 is 0. The summed E-state index contributed by atoms with van der Waals surface area (Å²) in [6.45, 7) is 5.95. The van der Waals surface area contributed by atoms with E-state index in [0.29, 0.717) is 47.4 Å². The van der Waals surface area contributed by atoms with Crippen LogP contribution < -0.4 is 0 Å². The van der Waals surface area contributed by atoms with Gasteiger partial charge in [-0.05, 0) is 55.3 Å². The van der Waals surface area contributed by atoms with E-state index < -0.39 is 0 Å². The van der Waals surface area contributed by atoms with E-state index in [1.807, 2.05) is 32.0 Å². The summed E-state index contributed by atoms with van der Waals surface area (Å²) >= 11 is 12.1. The van der Waals surface area contributed by atoms with Gasteiger partial charge in [0, 0.05) is 36.8 Å². The molecule has 4 nitrogen and oxygen atoms in total. The fraction of sp³-hybridized carbons (Fsp3) is 0.300. The van der Waals surface area contributed by atoms with Gasteiger partial charge in [-0.15, -0.1) is 0 Å². The SMILES string of the molecule is Cc1ccc(C(=O)N2CCN(C(=O)c3cc(Cl)ccc3Cl)CC2)cc1C. The number of amides is 2. The average molecular weight is 391 g/mol. The summed E-state index contributed by atoms with van der Waals surface area (Å²) in [6, 6.07) is 10.6. The molecule has 2 aromatic rings. The Morgan fingerprint density at radius 1 is 0.808 bits per heavy atom. The van der Waals surface area contributed by atoms with Gasteiger partial charge >= 0.3 is 0 Å². The van der Waals surface area contributed by atoms with Crippen molar-refractivity contribution >= 4 is 35.0 Å². The smallest absolute Gasteiger partial charge is 0.255 e. The van der Waals surface area contributed by atoms with E-state index in [4.69, 9.17) is 23.2 Å². The minimum atomic E-state index is -0.157. The molecule has 0 aromatic heterocycles. The van der Waals surface area contributed by atoms with Crippen LogP contribution in [-0.4, -0.2) is 47.8 Å². The number of rotatable bonds is 2. The van der Waals surface area contributed by atoms with E-state index >= 15 is 0 Å². The van der Waals surface area contributed by atoms with Crippen molar-refractivity contribution in [3.05, 3.63) is 68.7 Å². The van der Waals surface area contributed by atoms with Gasteiger partial charge in [0.05, 0.1) is 10.6 Å². The molecule has 0 N–H and O–H groups in total. The summed E-state index contributed by atoms with van der Waals surface area (Å²) in [5.74, 6) is -0.156. The van der Waals surface area contributed by atoms with Crippen LogP contribution in [0.5, 0.6) is 0 Å². The first-order valence-electron chi connectivity index (χ1n) is 8.47. The topological polar surface area (TPSA) is 40.6 Å². The second kappa shape index (κ2) is 7.68. The predicted molar refractivity (Wildman–Crippen MR) is 104 cm³/mol. The molecule has 0 unspecified atom stereocenters. The van der Waals surface area contributed by atoms with E-state index in [0.717, 1.165) is 11.1 Å². The van der Waals surface area contributed by atoms with Crippen molar-refractivity contribution < 1.29 is 9.59 Å². The number of benzene rings is 2. The van der Waals surface area contributed by atoms with Crippen molar-refractivity contribution in [3.8, 4) is 0 Å². The van der Waals surface area contributed by atoms with Gasteiger partial charge < -0.3 is 9.80 Å². The van der Waals surface area contributed by atoms with Gasteiger partial charge in [-0.25, -0.2) is 0 Å². The van der Waals surface area contributed by atoms with E-state index in [1.54, 1.807) is 28.0 Å². The highest BCUT2D eigenvalue weighted by Crippen LogP contribution is 2.23. The second-order valence-corrected chi connectivity index (χ2v) is 7.35. The van der Waals surface area contributed by atoms with Gasteiger partial charge in [0.1, 0.15) is 0 Å². The molecule has 0 radical (unpaired) electrons. The molecule has 26 heavy (non-hydrogen) atoms. The Kier molecular flexibility index (Phi) is 5.54. The van der Waals surface area contributed by atoms with E-state index in [1.165, 1.54) is 0 Å². The highest BCUT2D eigenvalue weighted by Gasteiger charge is 2.26. The van der Waals surface area contributed by atoms with Crippen LogP contribution in [0.4, 0.5) is 0 Å². The Labute approximate surface area is 163 Å². The summed E-state index contributed by atoms with van der Waals surface area (Å²) in [6.07, 6.45) is 0. The summed E-state index contributed by atoms with van der Waals surface area (Å²) in [4.78, 5) is 28.9. The van der Waals surface area contributed by atoms with Crippen LogP contribution in [0.3, 0.4) is 0 Å². The van der Waals surface area contributed by atoms with Crippen molar-refractivity contribution in [2.45, 2.75) is 13.8 Å². The number of carbonyl (C=O) groups is 2. The highest BCUT2D eigenvalue weighted by atomic mass is 35.5. The number of carbonyl (C=O) groups excluding carboxylic acids is 2. The molecule has 1 heterocycles. The van der Waals surface area contributed by atoms with Crippen LogP contribution in [0.2, 0.25) is 10.0 Å². The highest BCUT2D eigenvalue weighted by molar-refractivity contribution is 6.35.